The van der Waals surface area contributed by atoms with Crippen molar-refractivity contribution >= 4 is 23.3 Å². The number of carbonyl (C=O) groups is 1. The van der Waals surface area contributed by atoms with Crippen molar-refractivity contribution in [3.05, 3.63) is 29.3 Å². The van der Waals surface area contributed by atoms with Crippen molar-refractivity contribution in [2.75, 3.05) is 25.1 Å². The Labute approximate surface area is 201 Å². The second kappa shape index (κ2) is 10.2. The third-order valence-corrected chi connectivity index (χ3v) is 9.73. The highest BCUT2D eigenvalue weighted by Gasteiger charge is 2.42. The van der Waals surface area contributed by atoms with Crippen LogP contribution in [0.4, 0.5) is 5.69 Å². The number of nitrogens with zero attached hydrogens (tertiary/aromatic N) is 3. The van der Waals surface area contributed by atoms with Gasteiger partial charge in [-0.05, 0) is 81.5 Å². The lowest BCUT2D eigenvalue weighted by Gasteiger charge is -2.47. The molecule has 5 rings (SSSR count). The van der Waals surface area contributed by atoms with Gasteiger partial charge in [0.15, 0.2) is 0 Å². The summed E-state index contributed by atoms with van der Waals surface area (Å²) in [6, 6.07) is 8.88. The summed E-state index contributed by atoms with van der Waals surface area (Å²) in [7, 11) is 1.93. The molecule has 0 amide bonds. The number of methoxy groups -OCH3 is 1. The Bertz CT molecular complexity index is 906. The molecule has 1 aliphatic heterocycles. The molecule has 3 fully saturated rings. The van der Waals surface area contributed by atoms with Crippen LogP contribution >= 0.6 is 11.3 Å². The average molecular weight is 468 g/mol. The van der Waals surface area contributed by atoms with Gasteiger partial charge < -0.3 is 14.4 Å². The molecule has 1 saturated heterocycles. The highest BCUT2D eigenvalue weighted by Crippen LogP contribution is 2.42. The predicted molar refractivity (Wildman–Crippen MR) is 134 cm³/mol. The normalized spacial score (nSPS) is 26.3. The van der Waals surface area contributed by atoms with Gasteiger partial charge in [-0.25, -0.2) is 0 Å². The first-order valence-electron chi connectivity index (χ1n) is 12.9. The van der Waals surface area contributed by atoms with Crippen LogP contribution in [0.5, 0.6) is 0 Å². The summed E-state index contributed by atoms with van der Waals surface area (Å²) in [5.41, 5.74) is 2.53. The number of carbonyl (C=O) groups excluding carboxylic acids is 1. The second-order valence-corrected chi connectivity index (χ2v) is 11.3. The fourth-order valence-electron chi connectivity index (χ4n) is 6.38. The number of rotatable bonds is 6. The van der Waals surface area contributed by atoms with Gasteiger partial charge in [-0.2, -0.15) is 0 Å². The van der Waals surface area contributed by atoms with Gasteiger partial charge in [0.05, 0.1) is 5.60 Å². The first-order valence-corrected chi connectivity index (χ1v) is 13.7. The van der Waals surface area contributed by atoms with Crippen molar-refractivity contribution < 1.29 is 9.53 Å². The van der Waals surface area contributed by atoms with Gasteiger partial charge in [0.2, 0.25) is 0 Å². The number of aldehydes is 1. The van der Waals surface area contributed by atoms with Crippen LogP contribution in [-0.2, 0) is 9.53 Å². The standard InChI is InChI=1S/C27H37N3O2S/c1-32-27(23-5-3-2-4-6-23)15-17-30(18-16-27)24-13-11-22(12-14-24)26-29-28-25(33-26)21-9-7-20(19-31)8-10-21/h11-14,19-21,23H,2-10,15-18H2,1H3/t20-,21-. The Balaban J connectivity index is 1.20. The van der Waals surface area contributed by atoms with E-state index < -0.39 is 0 Å². The van der Waals surface area contributed by atoms with Crippen LogP contribution in [0.3, 0.4) is 0 Å². The number of benzene rings is 1. The van der Waals surface area contributed by atoms with Gasteiger partial charge in [0, 0.05) is 43.3 Å². The summed E-state index contributed by atoms with van der Waals surface area (Å²) < 4.78 is 6.19. The summed E-state index contributed by atoms with van der Waals surface area (Å²) >= 11 is 1.72. The third kappa shape index (κ3) is 4.88. The van der Waals surface area contributed by atoms with Crippen LogP contribution in [0.15, 0.2) is 24.3 Å². The van der Waals surface area contributed by atoms with Gasteiger partial charge in [0.25, 0.3) is 0 Å². The molecule has 1 aromatic carbocycles. The van der Waals surface area contributed by atoms with Gasteiger partial charge >= 0.3 is 0 Å². The Hall–Kier alpha value is -1.79. The molecule has 3 aliphatic rings. The summed E-state index contributed by atoms with van der Waals surface area (Å²) in [6.45, 7) is 2.13. The molecule has 1 aromatic heterocycles. The fourth-order valence-corrected chi connectivity index (χ4v) is 7.40. The predicted octanol–water partition coefficient (Wildman–Crippen LogP) is 6.24. The average Bonchev–Trinajstić information content (AvgIpc) is 3.40. The maximum atomic E-state index is 11.0. The molecule has 0 atom stereocenters. The minimum absolute atomic E-state index is 0.0880. The van der Waals surface area contributed by atoms with Crippen molar-refractivity contribution in [1.29, 1.82) is 0 Å². The number of ether oxygens (including phenoxy) is 1. The molecular formula is C27H37N3O2S. The topological polar surface area (TPSA) is 55.3 Å². The minimum Gasteiger partial charge on any atom is -0.378 e. The zero-order valence-corrected chi connectivity index (χ0v) is 20.7. The van der Waals surface area contributed by atoms with Crippen LogP contribution in [0.1, 0.15) is 81.6 Å². The Morgan fingerprint density at radius 2 is 1.67 bits per heavy atom. The highest BCUT2D eigenvalue weighted by molar-refractivity contribution is 7.14. The Morgan fingerprint density at radius 3 is 2.30 bits per heavy atom. The SMILES string of the molecule is COC1(C2CCCCC2)CCN(c2ccc(-c3nnc([C@H]4CC[C@H](C=O)CC4)s3)cc2)CC1. The van der Waals surface area contributed by atoms with E-state index in [2.05, 4.69) is 39.4 Å². The van der Waals surface area contributed by atoms with E-state index in [1.165, 1.54) is 37.8 Å². The van der Waals surface area contributed by atoms with Crippen LogP contribution in [-0.4, -0.2) is 42.3 Å². The third-order valence-electron chi connectivity index (χ3n) is 8.60. The number of hydrogen-bond donors (Lipinski definition) is 0. The van der Waals surface area contributed by atoms with Crippen molar-refractivity contribution in [2.45, 2.75) is 82.1 Å². The molecule has 178 valence electrons. The first-order chi connectivity index (χ1) is 16.2. The minimum atomic E-state index is 0.0880. The van der Waals surface area contributed by atoms with E-state index in [0.29, 0.717) is 5.92 Å². The van der Waals surface area contributed by atoms with E-state index in [0.717, 1.165) is 79.4 Å². The van der Waals surface area contributed by atoms with Crippen LogP contribution < -0.4 is 4.90 Å². The monoisotopic (exact) mass is 467 g/mol. The number of hydrogen-bond acceptors (Lipinski definition) is 6. The van der Waals surface area contributed by atoms with E-state index in [1.54, 1.807) is 11.3 Å². The van der Waals surface area contributed by atoms with Gasteiger partial charge in [-0.1, -0.05) is 30.6 Å². The molecule has 5 nitrogen and oxygen atoms in total. The molecule has 2 aliphatic carbocycles. The van der Waals surface area contributed by atoms with E-state index in [9.17, 15) is 4.79 Å². The van der Waals surface area contributed by atoms with E-state index in [4.69, 9.17) is 4.74 Å². The lowest BCUT2D eigenvalue weighted by Crippen LogP contribution is -2.50. The molecule has 2 aromatic rings. The van der Waals surface area contributed by atoms with Crippen LogP contribution in [0, 0.1) is 11.8 Å². The molecule has 0 N–H and O–H groups in total. The molecule has 2 saturated carbocycles. The van der Waals surface area contributed by atoms with Gasteiger partial charge in [-0.3, -0.25) is 0 Å². The van der Waals surface area contributed by atoms with Crippen molar-refractivity contribution in [3.8, 4) is 10.6 Å². The maximum Gasteiger partial charge on any atom is 0.147 e. The molecule has 0 radical (unpaired) electrons. The Morgan fingerprint density at radius 1 is 0.970 bits per heavy atom. The molecule has 0 bridgehead atoms. The zero-order chi connectivity index (χ0) is 22.7. The quantitative estimate of drug-likeness (QED) is 0.471. The molecule has 33 heavy (non-hydrogen) atoms. The Kier molecular flexibility index (Phi) is 7.12. The zero-order valence-electron chi connectivity index (χ0n) is 19.9. The van der Waals surface area contributed by atoms with Crippen LogP contribution in [0.25, 0.3) is 10.6 Å². The first kappa shape index (κ1) is 23.0. The van der Waals surface area contributed by atoms with Crippen molar-refractivity contribution in [2.24, 2.45) is 11.8 Å². The largest absolute Gasteiger partial charge is 0.378 e. The van der Waals surface area contributed by atoms with Gasteiger partial charge in [0.1, 0.15) is 16.3 Å². The lowest BCUT2D eigenvalue weighted by molar-refractivity contribution is -0.111. The number of aromatic nitrogens is 2. The summed E-state index contributed by atoms with van der Waals surface area (Å²) in [5, 5.41) is 11.1. The number of piperidine rings is 1. The van der Waals surface area contributed by atoms with Crippen LogP contribution in [0.2, 0.25) is 0 Å². The lowest BCUT2D eigenvalue weighted by atomic mass is 9.72. The second-order valence-electron chi connectivity index (χ2n) is 10.3. The van der Waals surface area contributed by atoms with E-state index in [-0.39, 0.29) is 11.5 Å². The molecule has 0 unspecified atom stereocenters. The summed E-state index contributed by atoms with van der Waals surface area (Å²) in [4.78, 5) is 13.5. The smallest absolute Gasteiger partial charge is 0.147 e. The summed E-state index contributed by atoms with van der Waals surface area (Å²) in [6.07, 6.45) is 14.3. The molecule has 0 spiro atoms. The number of anilines is 1. The van der Waals surface area contributed by atoms with Crippen molar-refractivity contribution in [1.82, 2.24) is 10.2 Å². The summed E-state index contributed by atoms with van der Waals surface area (Å²) in [5.74, 6) is 1.44. The van der Waals surface area contributed by atoms with E-state index in [1.807, 2.05) is 7.11 Å². The molecule has 2 heterocycles. The van der Waals surface area contributed by atoms with Gasteiger partial charge in [-0.15, -0.1) is 10.2 Å². The van der Waals surface area contributed by atoms with Crippen molar-refractivity contribution in [3.63, 3.8) is 0 Å². The maximum absolute atomic E-state index is 11.0. The highest BCUT2D eigenvalue weighted by atomic mass is 32.1. The molecular weight excluding hydrogens is 430 g/mol. The molecule has 6 heteroatoms. The fraction of sp³-hybridized carbons (Fsp3) is 0.667. The van der Waals surface area contributed by atoms with E-state index >= 15 is 0 Å².